The first-order valence-corrected chi connectivity index (χ1v) is 4.15. The third kappa shape index (κ3) is 4.14. The third-order valence-electron chi connectivity index (χ3n) is 0.862. The Hall–Kier alpha value is -0.390. The molecule has 0 aliphatic rings. The fourth-order valence-corrected chi connectivity index (χ4v) is 0.801. The molecular formula is C7H12OP+. The summed E-state index contributed by atoms with van der Waals surface area (Å²) in [6.45, 7) is 7.42. The van der Waals surface area contributed by atoms with Gasteiger partial charge in [0.1, 0.15) is 6.30 Å². The minimum atomic E-state index is -1.14. The van der Waals surface area contributed by atoms with Crippen LogP contribution in [0.2, 0.25) is 0 Å². The molecule has 1 nitrogen and oxygen atoms in total. The molecule has 0 aromatic carbocycles. The fraction of sp³-hybridized carbons (Fsp3) is 0.286. The molecule has 0 rings (SSSR count). The highest BCUT2D eigenvalue weighted by Gasteiger charge is 2.02. The number of rotatable bonds is 2. The summed E-state index contributed by atoms with van der Waals surface area (Å²) in [6.07, 6.45) is 5.35. The highest BCUT2D eigenvalue weighted by molar-refractivity contribution is 7.54. The molecule has 1 unspecified atom stereocenters. The van der Waals surface area contributed by atoms with Crippen LogP contribution in [-0.4, -0.2) is 11.2 Å². The van der Waals surface area contributed by atoms with E-state index in [9.17, 15) is 0 Å². The molecule has 1 N–H and O–H groups in total. The minimum Gasteiger partial charge on any atom is -0.189 e. The summed E-state index contributed by atoms with van der Waals surface area (Å²) < 4.78 is 0. The summed E-state index contributed by atoms with van der Waals surface area (Å²) in [5.41, 5.74) is 0.956. The van der Waals surface area contributed by atoms with Gasteiger partial charge in [-0.05, 0) is 13.0 Å². The molecule has 0 heterocycles. The lowest BCUT2D eigenvalue weighted by atomic mass is 10.3. The van der Waals surface area contributed by atoms with Crippen molar-refractivity contribution in [3.05, 3.63) is 23.5 Å². The zero-order valence-corrected chi connectivity index (χ0v) is 6.78. The van der Waals surface area contributed by atoms with Crippen LogP contribution in [0.3, 0.4) is 0 Å². The Labute approximate surface area is 57.2 Å². The van der Waals surface area contributed by atoms with E-state index in [2.05, 4.69) is 12.9 Å². The second kappa shape index (κ2) is 3.60. The molecule has 9 heavy (non-hydrogen) atoms. The van der Waals surface area contributed by atoms with E-state index in [1.807, 2.05) is 19.9 Å². The number of hydrogen-bond donors (Lipinski definition) is 1. The normalized spacial score (nSPS) is 13.2. The number of hydrogen-bond acceptors (Lipinski definition) is 1. The second-order valence-electron chi connectivity index (χ2n) is 2.03. The van der Waals surface area contributed by atoms with Crippen LogP contribution in [0.5, 0.6) is 0 Å². The van der Waals surface area contributed by atoms with Gasteiger partial charge in [-0.3, -0.25) is 0 Å². The third-order valence-corrected chi connectivity index (χ3v) is 1.81. The predicted molar refractivity (Wildman–Crippen MR) is 44.8 cm³/mol. The van der Waals surface area contributed by atoms with Crippen molar-refractivity contribution in [3.63, 3.8) is 0 Å². The van der Waals surface area contributed by atoms with Crippen molar-refractivity contribution in [1.29, 1.82) is 0 Å². The molecule has 2 heteroatoms. The van der Waals surface area contributed by atoms with Gasteiger partial charge < -0.3 is 0 Å². The fourth-order valence-electron chi connectivity index (χ4n) is 0.431. The molecule has 50 valence electrons. The van der Waals surface area contributed by atoms with Gasteiger partial charge in [0.05, 0.1) is 0 Å². The summed E-state index contributed by atoms with van der Waals surface area (Å²) >= 11 is 0. The first kappa shape index (κ1) is 8.61. The molecule has 0 aliphatic heterocycles. The summed E-state index contributed by atoms with van der Waals surface area (Å²) in [4.78, 5) is 8.91. The molecule has 0 fully saturated rings. The minimum absolute atomic E-state index is 0.914. The highest BCUT2D eigenvalue weighted by atomic mass is 31.1. The maximum atomic E-state index is 8.91. The van der Waals surface area contributed by atoms with E-state index in [-0.39, 0.29) is 0 Å². The summed E-state index contributed by atoms with van der Waals surface area (Å²) in [5, 5.41) is 0.914. The van der Waals surface area contributed by atoms with Crippen LogP contribution in [-0.2, 0) is 0 Å². The highest BCUT2D eigenvalue weighted by Crippen LogP contribution is 2.25. The maximum Gasteiger partial charge on any atom is 0.278 e. The van der Waals surface area contributed by atoms with Crippen LogP contribution in [0.1, 0.15) is 13.8 Å². The number of allylic oxidation sites excluding steroid dienone is 3. The molecule has 0 aliphatic carbocycles. The summed E-state index contributed by atoms with van der Waals surface area (Å²) in [5.74, 6) is 0. The molecule has 0 aromatic rings. The van der Waals surface area contributed by atoms with E-state index < -0.39 is 7.77 Å². The molecule has 0 bridgehead atoms. The molecule has 0 saturated carbocycles. The van der Waals surface area contributed by atoms with Crippen molar-refractivity contribution in [2.24, 2.45) is 0 Å². The Morgan fingerprint density at radius 2 is 2.00 bits per heavy atom. The van der Waals surface area contributed by atoms with Crippen LogP contribution in [0.25, 0.3) is 0 Å². The van der Waals surface area contributed by atoms with Crippen molar-refractivity contribution in [1.82, 2.24) is 0 Å². The zero-order chi connectivity index (χ0) is 7.44. The van der Waals surface area contributed by atoms with Crippen molar-refractivity contribution >= 4 is 14.1 Å². The van der Waals surface area contributed by atoms with Gasteiger partial charge >= 0.3 is 0 Å². The second-order valence-corrected chi connectivity index (χ2v) is 3.54. The van der Waals surface area contributed by atoms with Crippen LogP contribution in [0.15, 0.2) is 23.5 Å². The Bertz CT molecular complexity index is 168. The molecular weight excluding hydrogens is 131 g/mol. The van der Waals surface area contributed by atoms with Crippen molar-refractivity contribution < 1.29 is 4.89 Å². The van der Waals surface area contributed by atoms with E-state index in [4.69, 9.17) is 4.89 Å². The first-order chi connectivity index (χ1) is 4.04. The van der Waals surface area contributed by atoms with E-state index in [0.29, 0.717) is 0 Å². The van der Waals surface area contributed by atoms with Gasteiger partial charge in [0, 0.05) is 6.92 Å². The SMILES string of the molecule is C=C(C)/C=C(\C)[P+](=C)O. The van der Waals surface area contributed by atoms with Crippen LogP contribution in [0.4, 0.5) is 0 Å². The van der Waals surface area contributed by atoms with E-state index in [1.165, 1.54) is 0 Å². The van der Waals surface area contributed by atoms with Crippen LogP contribution < -0.4 is 0 Å². The van der Waals surface area contributed by atoms with E-state index in [0.717, 1.165) is 10.9 Å². The molecule has 0 amide bonds. The maximum absolute atomic E-state index is 8.91. The van der Waals surface area contributed by atoms with E-state index >= 15 is 0 Å². The average Bonchev–Trinajstić information content (AvgIpc) is 1.63. The van der Waals surface area contributed by atoms with Gasteiger partial charge in [-0.1, -0.05) is 12.2 Å². The molecule has 0 saturated heterocycles. The van der Waals surface area contributed by atoms with Crippen molar-refractivity contribution in [2.75, 3.05) is 0 Å². The lowest BCUT2D eigenvalue weighted by molar-refractivity contribution is 0.648. The lowest BCUT2D eigenvalue weighted by Gasteiger charge is -1.84. The average molecular weight is 143 g/mol. The molecule has 1 atom stereocenters. The Morgan fingerprint density at radius 1 is 1.56 bits per heavy atom. The Balaban J connectivity index is 4.17. The van der Waals surface area contributed by atoms with Gasteiger partial charge in [-0.2, -0.15) is 4.89 Å². The van der Waals surface area contributed by atoms with Crippen molar-refractivity contribution in [3.8, 4) is 0 Å². The predicted octanol–water partition coefficient (Wildman–Crippen LogP) is 2.29. The van der Waals surface area contributed by atoms with Crippen LogP contribution >= 0.6 is 7.77 Å². The lowest BCUT2D eigenvalue weighted by Crippen LogP contribution is -1.67. The first-order valence-electron chi connectivity index (χ1n) is 2.67. The van der Waals surface area contributed by atoms with Gasteiger partial charge in [-0.25, -0.2) is 0 Å². The topological polar surface area (TPSA) is 20.2 Å². The quantitative estimate of drug-likeness (QED) is 0.464. The largest absolute Gasteiger partial charge is 0.278 e. The summed E-state index contributed by atoms with van der Waals surface area (Å²) in [6, 6.07) is 0. The molecule has 0 radical (unpaired) electrons. The van der Waals surface area contributed by atoms with Gasteiger partial charge in [-0.15, -0.1) is 0 Å². The Morgan fingerprint density at radius 3 is 2.11 bits per heavy atom. The Kier molecular flexibility index (Phi) is 3.44. The van der Waals surface area contributed by atoms with Crippen molar-refractivity contribution in [2.45, 2.75) is 13.8 Å². The summed E-state index contributed by atoms with van der Waals surface area (Å²) in [7, 11) is -1.14. The molecule has 0 aromatic heterocycles. The standard InChI is InChI=1S/C7H12OP/c1-6(2)5-7(3)9(4)8/h5,8H,1,4H2,2-3H3/q+1/b7-5+. The van der Waals surface area contributed by atoms with Gasteiger partial charge in [0.25, 0.3) is 7.77 Å². The monoisotopic (exact) mass is 143 g/mol. The smallest absolute Gasteiger partial charge is 0.189 e. The van der Waals surface area contributed by atoms with Crippen LogP contribution in [0, 0.1) is 0 Å². The van der Waals surface area contributed by atoms with Gasteiger partial charge in [0.15, 0.2) is 5.31 Å². The molecule has 0 spiro atoms. The van der Waals surface area contributed by atoms with E-state index in [1.54, 1.807) is 0 Å². The zero-order valence-electron chi connectivity index (χ0n) is 5.89. The van der Waals surface area contributed by atoms with Gasteiger partial charge in [0.2, 0.25) is 0 Å².